The number of carbonyl (C=O) groups is 1. The number of fused-ring (bicyclic) bond motifs is 1. The highest BCUT2D eigenvalue weighted by atomic mass is 16.2. The number of nitrogens with one attached hydrogen (secondary N) is 2. The number of anilines is 2. The maximum absolute atomic E-state index is 12.6. The lowest BCUT2D eigenvalue weighted by atomic mass is 10.2. The largest absolute Gasteiger partial charge is 0.364 e. The Bertz CT molecular complexity index is 1080. The quantitative estimate of drug-likeness (QED) is 0.572. The zero-order valence-corrected chi connectivity index (χ0v) is 14.8. The summed E-state index contributed by atoms with van der Waals surface area (Å²) < 4.78 is 1.56. The molecule has 1 amide bonds. The number of carbonyl (C=O) groups excluding carboxylic acids is 1. The molecule has 0 saturated carbocycles. The lowest BCUT2D eigenvalue weighted by Gasteiger charge is -2.10. The number of para-hydroxylation sites is 1. The first kappa shape index (κ1) is 16.7. The summed E-state index contributed by atoms with van der Waals surface area (Å²) in [5.74, 6) is 0.441. The van der Waals surface area contributed by atoms with Gasteiger partial charge in [-0.15, -0.1) is 5.10 Å². The molecule has 3 heterocycles. The average Bonchev–Trinajstić information content (AvgIpc) is 3.10. The molecule has 0 atom stereocenters. The molecular formula is C20H18N6O. The van der Waals surface area contributed by atoms with E-state index in [4.69, 9.17) is 0 Å². The number of rotatable bonds is 5. The second-order valence-corrected chi connectivity index (χ2v) is 6.12. The van der Waals surface area contributed by atoms with E-state index in [1.807, 2.05) is 55.5 Å². The third-order valence-electron chi connectivity index (χ3n) is 4.16. The predicted molar refractivity (Wildman–Crippen MR) is 104 cm³/mol. The van der Waals surface area contributed by atoms with Crippen molar-refractivity contribution in [3.63, 3.8) is 0 Å². The van der Waals surface area contributed by atoms with Crippen LogP contribution in [0.25, 0.3) is 5.65 Å². The zero-order chi connectivity index (χ0) is 18.6. The molecule has 2 N–H and O–H groups in total. The van der Waals surface area contributed by atoms with Crippen LogP contribution >= 0.6 is 0 Å². The fourth-order valence-electron chi connectivity index (χ4n) is 2.74. The summed E-state index contributed by atoms with van der Waals surface area (Å²) >= 11 is 0. The molecule has 0 radical (unpaired) electrons. The smallest absolute Gasteiger partial charge is 0.276 e. The fourth-order valence-corrected chi connectivity index (χ4v) is 2.74. The van der Waals surface area contributed by atoms with Gasteiger partial charge >= 0.3 is 0 Å². The van der Waals surface area contributed by atoms with Crippen LogP contribution in [0.4, 0.5) is 11.5 Å². The first-order valence-electron chi connectivity index (χ1n) is 8.55. The summed E-state index contributed by atoms with van der Waals surface area (Å²) in [4.78, 5) is 20.9. The van der Waals surface area contributed by atoms with Gasteiger partial charge in [-0.2, -0.15) is 0 Å². The molecule has 0 aliphatic carbocycles. The minimum atomic E-state index is -0.259. The highest BCUT2D eigenvalue weighted by molar-refractivity contribution is 6.03. The molecule has 27 heavy (non-hydrogen) atoms. The Kier molecular flexibility index (Phi) is 4.49. The van der Waals surface area contributed by atoms with Gasteiger partial charge in [0.2, 0.25) is 0 Å². The first-order chi connectivity index (χ1) is 13.2. The van der Waals surface area contributed by atoms with Gasteiger partial charge in [-0.05, 0) is 48.4 Å². The Morgan fingerprint density at radius 1 is 1.11 bits per heavy atom. The van der Waals surface area contributed by atoms with Crippen molar-refractivity contribution in [2.75, 3.05) is 10.6 Å². The Morgan fingerprint density at radius 2 is 1.89 bits per heavy atom. The van der Waals surface area contributed by atoms with Crippen LogP contribution in [0, 0.1) is 6.92 Å². The van der Waals surface area contributed by atoms with E-state index in [1.54, 1.807) is 16.9 Å². The minimum absolute atomic E-state index is 0.259. The number of hydrogen-bond acceptors (Lipinski definition) is 5. The van der Waals surface area contributed by atoms with Gasteiger partial charge in [0, 0.05) is 24.6 Å². The lowest BCUT2D eigenvalue weighted by Crippen LogP contribution is -2.16. The van der Waals surface area contributed by atoms with Crippen molar-refractivity contribution in [2.45, 2.75) is 13.5 Å². The van der Waals surface area contributed by atoms with Crippen LogP contribution in [0.5, 0.6) is 0 Å². The number of pyridine rings is 1. The number of nitrogens with zero attached hydrogens (tertiary/aromatic N) is 4. The Balaban J connectivity index is 1.60. The Hall–Kier alpha value is -3.74. The highest BCUT2D eigenvalue weighted by Crippen LogP contribution is 2.17. The van der Waals surface area contributed by atoms with Crippen LogP contribution in [-0.2, 0) is 6.54 Å². The van der Waals surface area contributed by atoms with E-state index in [0.717, 1.165) is 16.8 Å². The van der Waals surface area contributed by atoms with Gasteiger partial charge in [-0.25, -0.2) is 9.50 Å². The summed E-state index contributed by atoms with van der Waals surface area (Å²) in [5, 5.41) is 10.7. The summed E-state index contributed by atoms with van der Waals surface area (Å²) in [6.07, 6.45) is 5.04. The van der Waals surface area contributed by atoms with Crippen molar-refractivity contribution in [2.24, 2.45) is 0 Å². The van der Waals surface area contributed by atoms with Gasteiger partial charge in [0.25, 0.3) is 5.91 Å². The summed E-state index contributed by atoms with van der Waals surface area (Å²) in [7, 11) is 0. The van der Waals surface area contributed by atoms with Gasteiger partial charge in [-0.3, -0.25) is 9.78 Å². The molecule has 0 bridgehead atoms. The topological polar surface area (TPSA) is 84.2 Å². The molecular weight excluding hydrogens is 340 g/mol. The van der Waals surface area contributed by atoms with Crippen LogP contribution in [0.3, 0.4) is 0 Å². The van der Waals surface area contributed by atoms with Gasteiger partial charge in [0.15, 0.2) is 11.3 Å². The van der Waals surface area contributed by atoms with Crippen molar-refractivity contribution >= 4 is 23.1 Å². The van der Waals surface area contributed by atoms with Crippen LogP contribution in [0.2, 0.25) is 0 Å². The SMILES string of the molecule is Cc1cc2ncc(C(=O)Nc3ccccc3)n2nc1NCc1ccncc1. The number of imidazole rings is 1. The number of amides is 1. The van der Waals surface area contributed by atoms with Crippen LogP contribution in [-0.4, -0.2) is 25.5 Å². The summed E-state index contributed by atoms with van der Waals surface area (Å²) in [5.41, 5.74) is 3.78. The zero-order valence-electron chi connectivity index (χ0n) is 14.8. The normalized spacial score (nSPS) is 10.7. The Morgan fingerprint density at radius 3 is 2.67 bits per heavy atom. The van der Waals surface area contributed by atoms with Gasteiger partial charge in [-0.1, -0.05) is 18.2 Å². The van der Waals surface area contributed by atoms with E-state index >= 15 is 0 Å². The third-order valence-corrected chi connectivity index (χ3v) is 4.16. The predicted octanol–water partition coefficient (Wildman–Crippen LogP) is 3.30. The molecule has 0 saturated heterocycles. The Labute approximate surface area is 156 Å². The van der Waals surface area contributed by atoms with Crippen molar-refractivity contribution in [1.29, 1.82) is 0 Å². The van der Waals surface area contributed by atoms with Gasteiger partial charge < -0.3 is 10.6 Å². The second kappa shape index (κ2) is 7.25. The van der Waals surface area contributed by atoms with Gasteiger partial charge in [0.1, 0.15) is 5.82 Å². The van der Waals surface area contributed by atoms with Crippen molar-refractivity contribution in [1.82, 2.24) is 19.6 Å². The number of hydrogen-bond donors (Lipinski definition) is 2. The number of aryl methyl sites for hydroxylation is 1. The van der Waals surface area contributed by atoms with Crippen molar-refractivity contribution < 1.29 is 4.79 Å². The number of aromatic nitrogens is 4. The van der Waals surface area contributed by atoms with E-state index in [2.05, 4.69) is 25.7 Å². The minimum Gasteiger partial charge on any atom is -0.364 e. The fraction of sp³-hybridized carbons (Fsp3) is 0.100. The molecule has 0 unspecified atom stereocenters. The molecule has 0 aliphatic heterocycles. The van der Waals surface area contributed by atoms with Crippen LogP contribution < -0.4 is 10.6 Å². The highest BCUT2D eigenvalue weighted by Gasteiger charge is 2.15. The number of benzene rings is 1. The summed E-state index contributed by atoms with van der Waals surface area (Å²) in [6, 6.07) is 15.1. The molecule has 3 aromatic heterocycles. The van der Waals surface area contributed by atoms with Gasteiger partial charge in [0.05, 0.1) is 6.20 Å². The maximum atomic E-state index is 12.6. The van der Waals surface area contributed by atoms with Crippen LogP contribution in [0.15, 0.2) is 67.1 Å². The maximum Gasteiger partial charge on any atom is 0.276 e. The van der Waals surface area contributed by atoms with E-state index < -0.39 is 0 Å². The molecule has 1 aromatic carbocycles. The van der Waals surface area contributed by atoms with E-state index in [0.29, 0.717) is 23.7 Å². The molecule has 0 spiro atoms. The van der Waals surface area contributed by atoms with Crippen LogP contribution in [0.1, 0.15) is 21.6 Å². The molecule has 7 heteroatoms. The molecule has 4 rings (SSSR count). The average molecular weight is 358 g/mol. The van der Waals surface area contributed by atoms with E-state index in [1.165, 1.54) is 6.20 Å². The van der Waals surface area contributed by atoms with Crippen molar-refractivity contribution in [3.8, 4) is 0 Å². The molecule has 4 aromatic rings. The third kappa shape index (κ3) is 3.62. The second-order valence-electron chi connectivity index (χ2n) is 6.12. The molecule has 0 fully saturated rings. The first-order valence-corrected chi connectivity index (χ1v) is 8.55. The van der Waals surface area contributed by atoms with E-state index in [-0.39, 0.29) is 5.91 Å². The molecule has 7 nitrogen and oxygen atoms in total. The van der Waals surface area contributed by atoms with E-state index in [9.17, 15) is 4.79 Å². The monoisotopic (exact) mass is 358 g/mol. The molecule has 0 aliphatic rings. The summed E-state index contributed by atoms with van der Waals surface area (Å²) in [6.45, 7) is 2.57. The van der Waals surface area contributed by atoms with Crippen molar-refractivity contribution in [3.05, 3.63) is 83.9 Å². The standard InChI is InChI=1S/C20H18N6O/c1-14-11-18-22-13-17(20(27)24-16-5-3-2-4-6-16)26(18)25-19(14)23-12-15-7-9-21-10-8-15/h2-11,13H,12H2,1H3,(H,23,25)(H,24,27). The molecule has 134 valence electrons. The lowest BCUT2D eigenvalue weighted by molar-refractivity contribution is 0.102.